The lowest BCUT2D eigenvalue weighted by atomic mass is 10.2. The van der Waals surface area contributed by atoms with E-state index >= 15 is 0 Å². The Morgan fingerprint density at radius 2 is 1.80 bits per heavy atom. The summed E-state index contributed by atoms with van der Waals surface area (Å²) < 4.78 is 49.5. The van der Waals surface area contributed by atoms with Gasteiger partial charge in [0.1, 0.15) is 0 Å². The van der Waals surface area contributed by atoms with Crippen LogP contribution >= 0.6 is 0 Å². The highest BCUT2D eigenvalue weighted by atomic mass is 32.2. The van der Waals surface area contributed by atoms with Crippen molar-refractivity contribution >= 4 is 19.9 Å². The predicted molar refractivity (Wildman–Crippen MR) is 77.9 cm³/mol. The largest absolute Gasteiger partial charge is 0.243 e. The van der Waals surface area contributed by atoms with E-state index in [0.29, 0.717) is 12.0 Å². The molecule has 1 saturated heterocycles. The van der Waals surface area contributed by atoms with Crippen LogP contribution in [0.1, 0.15) is 17.5 Å². The van der Waals surface area contributed by atoms with Gasteiger partial charge in [-0.1, -0.05) is 17.7 Å². The molecule has 0 N–H and O–H groups in total. The summed E-state index contributed by atoms with van der Waals surface area (Å²) in [4.78, 5) is 0.261. The molecule has 1 atom stereocenters. The normalized spacial score (nSPS) is 21.2. The number of sulfonamides is 1. The molecule has 1 fully saturated rings. The van der Waals surface area contributed by atoms with Crippen molar-refractivity contribution in [2.45, 2.75) is 30.4 Å². The van der Waals surface area contributed by atoms with Gasteiger partial charge in [0.15, 0.2) is 9.84 Å². The summed E-state index contributed by atoms with van der Waals surface area (Å²) in [5.74, 6) is 0. The molecule has 0 amide bonds. The van der Waals surface area contributed by atoms with Crippen LogP contribution in [0.3, 0.4) is 0 Å². The molecule has 2 rings (SSSR count). The Morgan fingerprint density at radius 1 is 1.15 bits per heavy atom. The third kappa shape index (κ3) is 2.89. The van der Waals surface area contributed by atoms with Crippen molar-refractivity contribution in [1.82, 2.24) is 4.31 Å². The van der Waals surface area contributed by atoms with E-state index in [1.54, 1.807) is 19.1 Å². The van der Waals surface area contributed by atoms with Gasteiger partial charge in [-0.25, -0.2) is 16.8 Å². The summed E-state index contributed by atoms with van der Waals surface area (Å²) in [5, 5.41) is -0.594. The number of nitrogens with zero attached hydrogens (tertiary/aromatic N) is 1. The maximum absolute atomic E-state index is 12.6. The van der Waals surface area contributed by atoms with E-state index in [9.17, 15) is 16.8 Å². The highest BCUT2D eigenvalue weighted by Gasteiger charge is 2.37. The molecule has 0 aliphatic carbocycles. The smallest absolute Gasteiger partial charge is 0.229 e. The van der Waals surface area contributed by atoms with E-state index in [0.717, 1.165) is 11.8 Å². The van der Waals surface area contributed by atoms with E-state index in [-0.39, 0.29) is 18.0 Å². The van der Waals surface area contributed by atoms with E-state index in [2.05, 4.69) is 0 Å². The first-order chi connectivity index (χ1) is 9.12. The van der Waals surface area contributed by atoms with Gasteiger partial charge < -0.3 is 0 Å². The fourth-order valence-electron chi connectivity index (χ4n) is 2.49. The molecule has 1 heterocycles. The Morgan fingerprint density at radius 3 is 2.30 bits per heavy atom. The molecule has 1 unspecified atom stereocenters. The number of hydrogen-bond donors (Lipinski definition) is 0. The molecule has 112 valence electrons. The lowest BCUT2D eigenvalue weighted by Gasteiger charge is -2.18. The van der Waals surface area contributed by atoms with Crippen LogP contribution in [0.5, 0.6) is 0 Å². The molecule has 20 heavy (non-hydrogen) atoms. The molecule has 0 spiro atoms. The summed E-state index contributed by atoms with van der Waals surface area (Å²) in [7, 11) is -6.81. The van der Waals surface area contributed by atoms with Crippen LogP contribution < -0.4 is 0 Å². The van der Waals surface area contributed by atoms with Crippen LogP contribution in [0.15, 0.2) is 23.1 Å². The molecule has 1 aromatic carbocycles. The van der Waals surface area contributed by atoms with Gasteiger partial charge in [0.05, 0.1) is 10.1 Å². The first-order valence-electron chi connectivity index (χ1n) is 6.38. The maximum atomic E-state index is 12.6. The zero-order chi connectivity index (χ0) is 15.1. The zero-order valence-corrected chi connectivity index (χ0v) is 13.5. The highest BCUT2D eigenvalue weighted by Crippen LogP contribution is 2.26. The minimum Gasteiger partial charge on any atom is -0.229 e. The monoisotopic (exact) mass is 317 g/mol. The Hall–Kier alpha value is -0.920. The van der Waals surface area contributed by atoms with Crippen LogP contribution in [0.4, 0.5) is 0 Å². The molecule has 0 aromatic heterocycles. The SMILES string of the molecule is Cc1ccc(S(=O)(=O)N2CCC(S(C)(=O)=O)C2)c(C)c1. The fraction of sp³-hybridized carbons (Fsp3) is 0.538. The van der Waals surface area contributed by atoms with Gasteiger partial charge in [-0.2, -0.15) is 4.31 Å². The molecule has 0 saturated carbocycles. The third-order valence-corrected chi connectivity index (χ3v) is 7.28. The summed E-state index contributed by atoms with van der Waals surface area (Å²) in [6, 6.07) is 5.16. The van der Waals surface area contributed by atoms with Crippen LogP contribution in [-0.4, -0.2) is 45.7 Å². The summed E-state index contributed by atoms with van der Waals surface area (Å²) in [6.45, 7) is 3.96. The van der Waals surface area contributed by atoms with Crippen LogP contribution in [-0.2, 0) is 19.9 Å². The molecule has 7 heteroatoms. The van der Waals surface area contributed by atoms with E-state index in [1.165, 1.54) is 4.31 Å². The van der Waals surface area contributed by atoms with Gasteiger partial charge >= 0.3 is 0 Å². The fourth-order valence-corrected chi connectivity index (χ4v) is 5.28. The van der Waals surface area contributed by atoms with Crippen molar-refractivity contribution in [1.29, 1.82) is 0 Å². The molecule has 1 aliphatic rings. The molecule has 1 aromatic rings. The molecule has 5 nitrogen and oxygen atoms in total. The predicted octanol–water partition coefficient (Wildman–Crippen LogP) is 1.11. The molecule has 0 radical (unpaired) electrons. The van der Waals surface area contributed by atoms with Crippen molar-refractivity contribution in [2.75, 3.05) is 19.3 Å². The summed E-state index contributed by atoms with van der Waals surface area (Å²) in [5.41, 5.74) is 1.68. The number of aryl methyl sites for hydroxylation is 2. The van der Waals surface area contributed by atoms with Gasteiger partial charge in [-0.05, 0) is 31.9 Å². The number of rotatable bonds is 3. The van der Waals surface area contributed by atoms with Gasteiger partial charge in [-0.15, -0.1) is 0 Å². The van der Waals surface area contributed by atoms with Gasteiger partial charge in [0.25, 0.3) is 0 Å². The highest BCUT2D eigenvalue weighted by molar-refractivity contribution is 7.91. The molecule has 0 bridgehead atoms. The average molecular weight is 317 g/mol. The van der Waals surface area contributed by atoms with Crippen molar-refractivity contribution in [3.63, 3.8) is 0 Å². The lowest BCUT2D eigenvalue weighted by Crippen LogP contribution is -2.32. The van der Waals surface area contributed by atoms with Crippen molar-refractivity contribution in [2.24, 2.45) is 0 Å². The number of benzene rings is 1. The average Bonchev–Trinajstić information content (AvgIpc) is 2.77. The quantitative estimate of drug-likeness (QED) is 0.837. The summed E-state index contributed by atoms with van der Waals surface area (Å²) in [6.07, 6.45) is 1.52. The van der Waals surface area contributed by atoms with Gasteiger partial charge in [0, 0.05) is 19.3 Å². The van der Waals surface area contributed by atoms with E-state index < -0.39 is 25.1 Å². The number of sulfone groups is 1. The van der Waals surface area contributed by atoms with Crippen molar-refractivity contribution in [3.8, 4) is 0 Å². The topological polar surface area (TPSA) is 71.5 Å². The van der Waals surface area contributed by atoms with E-state index in [1.807, 2.05) is 13.0 Å². The van der Waals surface area contributed by atoms with Gasteiger partial charge in [0.2, 0.25) is 10.0 Å². The minimum atomic E-state index is -3.61. The molecular formula is C13H19NO4S2. The van der Waals surface area contributed by atoms with E-state index in [4.69, 9.17) is 0 Å². The van der Waals surface area contributed by atoms with Crippen LogP contribution in [0, 0.1) is 13.8 Å². The second-order valence-corrected chi connectivity index (χ2v) is 9.60. The summed E-state index contributed by atoms with van der Waals surface area (Å²) >= 11 is 0. The number of hydrogen-bond acceptors (Lipinski definition) is 4. The standard InChI is InChI=1S/C13H19NO4S2/c1-10-4-5-13(11(2)8-10)20(17,18)14-7-6-12(9-14)19(3,15)16/h4-5,8,12H,6-7,9H2,1-3H3. The Kier molecular flexibility index (Phi) is 3.96. The second kappa shape index (κ2) is 5.13. The first-order valence-corrected chi connectivity index (χ1v) is 9.78. The van der Waals surface area contributed by atoms with Crippen LogP contribution in [0.2, 0.25) is 0 Å². The zero-order valence-electron chi connectivity index (χ0n) is 11.8. The minimum absolute atomic E-state index is 0.0501. The van der Waals surface area contributed by atoms with Crippen molar-refractivity contribution in [3.05, 3.63) is 29.3 Å². The molecular weight excluding hydrogens is 298 g/mol. The Bertz CT molecular complexity index is 723. The maximum Gasteiger partial charge on any atom is 0.243 e. The first kappa shape index (κ1) is 15.5. The second-order valence-electron chi connectivity index (χ2n) is 5.37. The Labute approximate surface area is 120 Å². The third-order valence-electron chi connectivity index (χ3n) is 3.66. The van der Waals surface area contributed by atoms with Crippen molar-refractivity contribution < 1.29 is 16.8 Å². The lowest BCUT2D eigenvalue weighted by molar-refractivity contribution is 0.476. The Balaban J connectivity index is 2.33. The molecule has 1 aliphatic heterocycles. The van der Waals surface area contributed by atoms with Gasteiger partial charge in [-0.3, -0.25) is 0 Å². The van der Waals surface area contributed by atoms with Crippen LogP contribution in [0.25, 0.3) is 0 Å².